The fourth-order valence-electron chi connectivity index (χ4n) is 2.13. The first-order valence-electron chi connectivity index (χ1n) is 5.86. The Balaban J connectivity index is 3.06. The van der Waals surface area contributed by atoms with Crippen molar-refractivity contribution in [2.75, 3.05) is 0 Å². The monoisotopic (exact) mass is 288 g/mol. The van der Waals surface area contributed by atoms with E-state index in [1.807, 2.05) is 10.9 Å². The molecule has 4 nitrogen and oxygen atoms in total. The number of rotatable bonds is 6. The maximum atomic E-state index is 5.70. The molecule has 3 N–H and O–H groups in total. The normalized spacial score (nSPS) is 13.4. The summed E-state index contributed by atoms with van der Waals surface area (Å²) < 4.78 is 3.02. The van der Waals surface area contributed by atoms with Gasteiger partial charge in [-0.25, -0.2) is 0 Å². The Labute approximate surface area is 106 Å². The van der Waals surface area contributed by atoms with Crippen LogP contribution in [-0.2, 0) is 6.54 Å². The zero-order valence-corrected chi connectivity index (χ0v) is 11.8. The quantitative estimate of drug-likeness (QED) is 0.625. The molecule has 1 aromatic rings. The number of hydrazine groups is 1. The molecule has 0 saturated carbocycles. The van der Waals surface area contributed by atoms with Gasteiger partial charge in [-0.1, -0.05) is 26.7 Å². The van der Waals surface area contributed by atoms with E-state index in [2.05, 4.69) is 47.2 Å². The van der Waals surface area contributed by atoms with Crippen LogP contribution in [0.5, 0.6) is 0 Å². The van der Waals surface area contributed by atoms with Gasteiger partial charge in [0.05, 0.1) is 22.4 Å². The molecule has 1 rings (SSSR count). The van der Waals surface area contributed by atoms with Crippen LogP contribution in [-0.4, -0.2) is 9.78 Å². The number of nitrogens with two attached hydrogens (primary N) is 1. The second-order valence-corrected chi connectivity index (χ2v) is 4.77. The van der Waals surface area contributed by atoms with Crippen LogP contribution in [0.15, 0.2) is 10.7 Å². The highest BCUT2D eigenvalue weighted by Crippen LogP contribution is 2.31. The van der Waals surface area contributed by atoms with Crippen LogP contribution in [0.1, 0.15) is 45.3 Å². The second-order valence-electron chi connectivity index (χ2n) is 3.91. The van der Waals surface area contributed by atoms with Gasteiger partial charge in [0.25, 0.3) is 0 Å². The minimum Gasteiger partial charge on any atom is -0.271 e. The molecule has 0 fully saturated rings. The molecule has 0 aliphatic heterocycles. The highest BCUT2D eigenvalue weighted by atomic mass is 79.9. The van der Waals surface area contributed by atoms with Gasteiger partial charge in [-0.05, 0) is 28.8 Å². The molecule has 16 heavy (non-hydrogen) atoms. The van der Waals surface area contributed by atoms with E-state index in [1.54, 1.807) is 0 Å². The van der Waals surface area contributed by atoms with E-state index < -0.39 is 0 Å². The molecule has 1 unspecified atom stereocenters. The zero-order valence-electron chi connectivity index (χ0n) is 10.2. The first-order chi connectivity index (χ1) is 7.69. The van der Waals surface area contributed by atoms with Gasteiger partial charge >= 0.3 is 0 Å². The predicted octanol–water partition coefficient (Wildman–Crippen LogP) is 2.61. The molecule has 1 atom stereocenters. The highest BCUT2D eigenvalue weighted by Gasteiger charge is 2.24. The molecule has 0 bridgehead atoms. The molecule has 0 aliphatic rings. The fourth-order valence-corrected chi connectivity index (χ4v) is 2.67. The maximum Gasteiger partial charge on any atom is 0.0711 e. The molecule has 1 heterocycles. The van der Waals surface area contributed by atoms with Gasteiger partial charge in [0.2, 0.25) is 0 Å². The van der Waals surface area contributed by atoms with Crippen molar-refractivity contribution in [2.45, 2.75) is 46.2 Å². The van der Waals surface area contributed by atoms with Crippen molar-refractivity contribution in [1.82, 2.24) is 15.2 Å². The molecule has 0 radical (unpaired) electrons. The van der Waals surface area contributed by atoms with Crippen LogP contribution in [0.3, 0.4) is 0 Å². The van der Waals surface area contributed by atoms with E-state index in [4.69, 9.17) is 5.84 Å². The van der Waals surface area contributed by atoms with Gasteiger partial charge in [-0.2, -0.15) is 5.10 Å². The van der Waals surface area contributed by atoms with Crippen molar-refractivity contribution in [3.05, 3.63) is 16.4 Å². The largest absolute Gasteiger partial charge is 0.271 e. The van der Waals surface area contributed by atoms with E-state index in [0.717, 1.165) is 29.6 Å². The minimum atomic E-state index is 0.159. The number of nitrogens with zero attached hydrogens (tertiary/aromatic N) is 2. The van der Waals surface area contributed by atoms with Crippen molar-refractivity contribution in [1.29, 1.82) is 0 Å². The third-order valence-electron chi connectivity index (χ3n) is 3.13. The number of hydrogen-bond acceptors (Lipinski definition) is 3. The Bertz CT molecular complexity index is 320. The van der Waals surface area contributed by atoms with Crippen molar-refractivity contribution >= 4 is 15.9 Å². The summed E-state index contributed by atoms with van der Waals surface area (Å²) in [5.74, 6) is 6.23. The fraction of sp³-hybridized carbons (Fsp3) is 0.727. The summed E-state index contributed by atoms with van der Waals surface area (Å²) in [4.78, 5) is 0. The molecular formula is C11H21BrN4. The molecule has 5 heteroatoms. The molecule has 0 amide bonds. The SMILES string of the molecule is CCC(CC)C(NN)c1c(Br)cnn1CC. The van der Waals surface area contributed by atoms with E-state index in [-0.39, 0.29) is 6.04 Å². The summed E-state index contributed by atoms with van der Waals surface area (Å²) in [7, 11) is 0. The first kappa shape index (κ1) is 13.7. The van der Waals surface area contributed by atoms with Crippen molar-refractivity contribution in [2.24, 2.45) is 11.8 Å². The van der Waals surface area contributed by atoms with Gasteiger partial charge < -0.3 is 0 Å². The summed E-state index contributed by atoms with van der Waals surface area (Å²) >= 11 is 3.55. The lowest BCUT2D eigenvalue weighted by Crippen LogP contribution is -2.35. The van der Waals surface area contributed by atoms with Crippen LogP contribution in [0.25, 0.3) is 0 Å². The lowest BCUT2D eigenvalue weighted by Gasteiger charge is -2.25. The summed E-state index contributed by atoms with van der Waals surface area (Å²) in [6.07, 6.45) is 4.05. The average Bonchev–Trinajstić information content (AvgIpc) is 2.67. The van der Waals surface area contributed by atoms with Crippen LogP contribution < -0.4 is 11.3 Å². The Hall–Kier alpha value is -0.390. The number of nitrogens with one attached hydrogen (secondary N) is 1. The molecular weight excluding hydrogens is 268 g/mol. The van der Waals surface area contributed by atoms with Gasteiger partial charge in [0.1, 0.15) is 0 Å². The van der Waals surface area contributed by atoms with Gasteiger partial charge in [-0.3, -0.25) is 16.0 Å². The van der Waals surface area contributed by atoms with E-state index in [9.17, 15) is 0 Å². The number of halogens is 1. The van der Waals surface area contributed by atoms with Gasteiger partial charge in [-0.15, -0.1) is 0 Å². The molecule has 0 aromatic carbocycles. The summed E-state index contributed by atoms with van der Waals surface area (Å²) in [5.41, 5.74) is 4.08. The lowest BCUT2D eigenvalue weighted by atomic mass is 9.92. The zero-order chi connectivity index (χ0) is 12.1. The third-order valence-corrected chi connectivity index (χ3v) is 3.74. The summed E-state index contributed by atoms with van der Waals surface area (Å²) in [5, 5.41) is 4.33. The van der Waals surface area contributed by atoms with Crippen LogP contribution >= 0.6 is 15.9 Å². The third kappa shape index (κ3) is 2.64. The Morgan fingerprint density at radius 2 is 2.06 bits per heavy atom. The standard InChI is InChI=1S/C11H21BrN4/c1-4-8(5-2)10(15-13)11-9(12)7-14-16(11)6-3/h7-8,10,15H,4-6,13H2,1-3H3. The van der Waals surface area contributed by atoms with E-state index >= 15 is 0 Å². The van der Waals surface area contributed by atoms with E-state index in [1.165, 1.54) is 0 Å². The summed E-state index contributed by atoms with van der Waals surface area (Å²) in [6.45, 7) is 7.33. The number of aromatic nitrogens is 2. The molecule has 92 valence electrons. The topological polar surface area (TPSA) is 55.9 Å². The number of hydrogen-bond donors (Lipinski definition) is 2. The average molecular weight is 289 g/mol. The molecule has 0 spiro atoms. The van der Waals surface area contributed by atoms with Crippen LogP contribution in [0.4, 0.5) is 0 Å². The first-order valence-corrected chi connectivity index (χ1v) is 6.66. The highest BCUT2D eigenvalue weighted by molar-refractivity contribution is 9.10. The minimum absolute atomic E-state index is 0.159. The Morgan fingerprint density at radius 1 is 1.44 bits per heavy atom. The van der Waals surface area contributed by atoms with Gasteiger partial charge in [0.15, 0.2) is 0 Å². The maximum absolute atomic E-state index is 5.70. The molecule has 0 saturated heterocycles. The Kier molecular flexibility index (Phi) is 5.44. The molecule has 0 aliphatic carbocycles. The van der Waals surface area contributed by atoms with Crippen LogP contribution in [0.2, 0.25) is 0 Å². The smallest absolute Gasteiger partial charge is 0.0711 e. The van der Waals surface area contributed by atoms with Crippen molar-refractivity contribution < 1.29 is 0 Å². The Morgan fingerprint density at radius 3 is 2.50 bits per heavy atom. The number of aryl methyl sites for hydroxylation is 1. The van der Waals surface area contributed by atoms with Crippen molar-refractivity contribution in [3.63, 3.8) is 0 Å². The lowest BCUT2D eigenvalue weighted by molar-refractivity contribution is 0.326. The second kappa shape index (κ2) is 6.37. The van der Waals surface area contributed by atoms with E-state index in [0.29, 0.717) is 5.92 Å². The van der Waals surface area contributed by atoms with Gasteiger partial charge in [0, 0.05) is 6.54 Å². The predicted molar refractivity (Wildman–Crippen MR) is 69.7 cm³/mol. The van der Waals surface area contributed by atoms with Crippen molar-refractivity contribution in [3.8, 4) is 0 Å². The van der Waals surface area contributed by atoms with Crippen LogP contribution in [0, 0.1) is 5.92 Å². The summed E-state index contributed by atoms with van der Waals surface area (Å²) in [6, 6.07) is 0.159. The molecule has 1 aromatic heterocycles.